The lowest BCUT2D eigenvalue weighted by Gasteiger charge is -2.03. The van der Waals surface area contributed by atoms with Gasteiger partial charge in [-0.25, -0.2) is 4.79 Å². The Labute approximate surface area is 74.2 Å². The summed E-state index contributed by atoms with van der Waals surface area (Å²) in [5.74, 6) is -1.41. The van der Waals surface area contributed by atoms with Crippen molar-refractivity contribution in [1.82, 2.24) is 0 Å². The lowest BCUT2D eigenvalue weighted by atomic mass is 10.1. The number of hydrogen-bond donors (Lipinski definition) is 2. The number of aromatic carboxylic acids is 1. The van der Waals surface area contributed by atoms with Crippen LogP contribution in [-0.2, 0) is 0 Å². The Kier molecular flexibility index (Phi) is 2.24. The SMILES string of the molecule is Cc1cc(Cl)cc(C(=O)O)c1O. The molecule has 0 unspecified atom stereocenters. The number of aryl methyl sites for hydroxylation is 1. The zero-order chi connectivity index (χ0) is 9.30. The molecule has 1 rings (SSSR count). The summed E-state index contributed by atoms with van der Waals surface area (Å²) < 4.78 is 0. The van der Waals surface area contributed by atoms with Gasteiger partial charge in [-0.1, -0.05) is 11.6 Å². The molecular weight excluding hydrogens is 180 g/mol. The maximum Gasteiger partial charge on any atom is 0.339 e. The van der Waals surface area contributed by atoms with E-state index < -0.39 is 5.97 Å². The summed E-state index contributed by atoms with van der Waals surface area (Å²) >= 11 is 5.59. The second kappa shape index (κ2) is 3.03. The van der Waals surface area contributed by atoms with E-state index in [-0.39, 0.29) is 11.3 Å². The molecule has 0 saturated carbocycles. The van der Waals surface area contributed by atoms with Gasteiger partial charge in [-0.05, 0) is 24.6 Å². The van der Waals surface area contributed by atoms with E-state index in [1.807, 2.05) is 0 Å². The number of benzene rings is 1. The average Bonchev–Trinajstić information content (AvgIpc) is 1.96. The van der Waals surface area contributed by atoms with Gasteiger partial charge >= 0.3 is 5.97 Å². The molecule has 0 aliphatic heterocycles. The Hall–Kier alpha value is -1.22. The number of hydrogen-bond acceptors (Lipinski definition) is 2. The van der Waals surface area contributed by atoms with Crippen molar-refractivity contribution in [3.63, 3.8) is 0 Å². The van der Waals surface area contributed by atoms with Crippen molar-refractivity contribution in [1.29, 1.82) is 0 Å². The summed E-state index contributed by atoms with van der Waals surface area (Å²) in [6.07, 6.45) is 0. The Morgan fingerprint density at radius 2 is 2.08 bits per heavy atom. The van der Waals surface area contributed by atoms with Gasteiger partial charge in [0.25, 0.3) is 0 Å². The van der Waals surface area contributed by atoms with Gasteiger partial charge in [0.15, 0.2) is 0 Å². The highest BCUT2D eigenvalue weighted by atomic mass is 35.5. The van der Waals surface area contributed by atoms with Crippen molar-refractivity contribution in [3.05, 3.63) is 28.3 Å². The van der Waals surface area contributed by atoms with Gasteiger partial charge in [-0.3, -0.25) is 0 Å². The van der Waals surface area contributed by atoms with E-state index in [2.05, 4.69) is 0 Å². The summed E-state index contributed by atoms with van der Waals surface area (Å²) in [6.45, 7) is 1.59. The minimum Gasteiger partial charge on any atom is -0.507 e. The van der Waals surface area contributed by atoms with E-state index in [0.29, 0.717) is 10.6 Å². The molecule has 0 bridgehead atoms. The first-order valence-electron chi connectivity index (χ1n) is 3.25. The van der Waals surface area contributed by atoms with Crippen LogP contribution in [0, 0.1) is 6.92 Å². The van der Waals surface area contributed by atoms with Crippen molar-refractivity contribution in [2.75, 3.05) is 0 Å². The van der Waals surface area contributed by atoms with Crippen LogP contribution in [0.5, 0.6) is 5.75 Å². The quantitative estimate of drug-likeness (QED) is 0.706. The van der Waals surface area contributed by atoms with Crippen molar-refractivity contribution in [2.24, 2.45) is 0 Å². The number of carboxylic acid groups (broad SMARTS) is 1. The monoisotopic (exact) mass is 186 g/mol. The molecule has 0 aliphatic carbocycles. The molecule has 2 N–H and O–H groups in total. The molecule has 0 aliphatic rings. The number of carbonyl (C=O) groups is 1. The molecule has 12 heavy (non-hydrogen) atoms. The van der Waals surface area contributed by atoms with Crippen LogP contribution in [0.4, 0.5) is 0 Å². The Morgan fingerprint density at radius 3 is 2.58 bits per heavy atom. The van der Waals surface area contributed by atoms with Crippen LogP contribution in [0.15, 0.2) is 12.1 Å². The van der Waals surface area contributed by atoms with Crippen LogP contribution in [0.2, 0.25) is 5.02 Å². The molecule has 64 valence electrons. The molecule has 4 heteroatoms. The summed E-state index contributed by atoms with van der Waals surface area (Å²) in [7, 11) is 0. The third-order valence-corrected chi connectivity index (χ3v) is 1.71. The first-order chi connectivity index (χ1) is 5.52. The second-order valence-electron chi connectivity index (χ2n) is 2.42. The van der Waals surface area contributed by atoms with Crippen molar-refractivity contribution in [3.8, 4) is 5.75 Å². The predicted octanol–water partition coefficient (Wildman–Crippen LogP) is 2.05. The average molecular weight is 187 g/mol. The molecule has 0 saturated heterocycles. The van der Waals surface area contributed by atoms with Crippen LogP contribution in [0.3, 0.4) is 0 Å². The Morgan fingerprint density at radius 1 is 1.50 bits per heavy atom. The van der Waals surface area contributed by atoms with E-state index in [0.717, 1.165) is 0 Å². The van der Waals surface area contributed by atoms with Gasteiger partial charge in [0.1, 0.15) is 11.3 Å². The molecule has 0 atom stereocenters. The smallest absolute Gasteiger partial charge is 0.339 e. The largest absolute Gasteiger partial charge is 0.507 e. The zero-order valence-corrected chi connectivity index (χ0v) is 7.09. The first kappa shape index (κ1) is 8.87. The fourth-order valence-corrected chi connectivity index (χ4v) is 1.17. The molecule has 0 spiro atoms. The fraction of sp³-hybridized carbons (Fsp3) is 0.125. The van der Waals surface area contributed by atoms with E-state index in [1.54, 1.807) is 6.92 Å². The topological polar surface area (TPSA) is 57.5 Å². The third kappa shape index (κ3) is 1.51. The van der Waals surface area contributed by atoms with Crippen LogP contribution in [0.25, 0.3) is 0 Å². The molecule has 1 aromatic carbocycles. The summed E-state index contributed by atoms with van der Waals surface area (Å²) in [6, 6.07) is 2.72. The molecule has 0 radical (unpaired) electrons. The highest BCUT2D eigenvalue weighted by Gasteiger charge is 2.12. The minimum atomic E-state index is -1.18. The summed E-state index contributed by atoms with van der Waals surface area (Å²) in [5, 5.41) is 18.2. The highest BCUT2D eigenvalue weighted by molar-refractivity contribution is 6.31. The number of rotatable bonds is 1. The number of aromatic hydroxyl groups is 1. The molecule has 0 fully saturated rings. The van der Waals surface area contributed by atoms with E-state index >= 15 is 0 Å². The number of halogens is 1. The zero-order valence-electron chi connectivity index (χ0n) is 6.34. The van der Waals surface area contributed by atoms with Gasteiger partial charge in [0, 0.05) is 5.02 Å². The van der Waals surface area contributed by atoms with Crippen molar-refractivity contribution >= 4 is 17.6 Å². The summed E-state index contributed by atoms with van der Waals surface area (Å²) in [5.41, 5.74) is 0.292. The molecule has 3 nitrogen and oxygen atoms in total. The normalized spacial score (nSPS) is 9.83. The predicted molar refractivity (Wildman–Crippen MR) is 44.8 cm³/mol. The molecule has 1 aromatic rings. The van der Waals surface area contributed by atoms with Crippen molar-refractivity contribution < 1.29 is 15.0 Å². The Bertz CT molecular complexity index is 333. The van der Waals surface area contributed by atoms with Crippen LogP contribution in [-0.4, -0.2) is 16.2 Å². The van der Waals surface area contributed by atoms with Gasteiger partial charge in [-0.2, -0.15) is 0 Å². The van der Waals surface area contributed by atoms with Crippen LogP contribution >= 0.6 is 11.6 Å². The molecule has 0 aromatic heterocycles. The second-order valence-corrected chi connectivity index (χ2v) is 2.86. The Balaban J connectivity index is 3.37. The standard InChI is InChI=1S/C8H7ClO3/c1-4-2-5(9)3-6(7(4)10)8(11)12/h2-3,10H,1H3,(H,11,12). The van der Waals surface area contributed by atoms with E-state index in [1.165, 1.54) is 12.1 Å². The maximum atomic E-state index is 10.5. The third-order valence-electron chi connectivity index (χ3n) is 1.50. The van der Waals surface area contributed by atoms with Gasteiger partial charge < -0.3 is 10.2 Å². The minimum absolute atomic E-state index is 0.167. The van der Waals surface area contributed by atoms with E-state index in [4.69, 9.17) is 16.7 Å². The number of carboxylic acids is 1. The van der Waals surface area contributed by atoms with Gasteiger partial charge in [0.2, 0.25) is 0 Å². The maximum absolute atomic E-state index is 10.5. The molecule has 0 heterocycles. The van der Waals surface area contributed by atoms with Crippen molar-refractivity contribution in [2.45, 2.75) is 6.92 Å². The summed E-state index contributed by atoms with van der Waals surface area (Å²) in [4.78, 5) is 10.5. The molecule has 0 amide bonds. The van der Waals surface area contributed by atoms with Crippen LogP contribution < -0.4 is 0 Å². The van der Waals surface area contributed by atoms with E-state index in [9.17, 15) is 9.90 Å². The first-order valence-corrected chi connectivity index (χ1v) is 3.62. The number of phenols is 1. The lowest BCUT2D eigenvalue weighted by Crippen LogP contribution is -1.97. The molecular formula is C8H7ClO3. The fourth-order valence-electron chi connectivity index (χ4n) is 0.899. The highest BCUT2D eigenvalue weighted by Crippen LogP contribution is 2.25. The van der Waals surface area contributed by atoms with Gasteiger partial charge in [0.05, 0.1) is 0 Å². The van der Waals surface area contributed by atoms with Gasteiger partial charge in [-0.15, -0.1) is 0 Å². The lowest BCUT2D eigenvalue weighted by molar-refractivity contribution is 0.0693. The van der Waals surface area contributed by atoms with Crippen LogP contribution in [0.1, 0.15) is 15.9 Å².